The van der Waals surface area contributed by atoms with Gasteiger partial charge in [-0.15, -0.1) is 11.8 Å². The van der Waals surface area contributed by atoms with E-state index in [0.29, 0.717) is 0 Å². The molecule has 0 heterocycles. The van der Waals surface area contributed by atoms with E-state index in [2.05, 4.69) is 6.58 Å². The van der Waals surface area contributed by atoms with Crippen LogP contribution in [0.2, 0.25) is 0 Å². The maximum absolute atomic E-state index is 5.42. The number of thioether (sulfide) groups is 1. The van der Waals surface area contributed by atoms with Gasteiger partial charge in [0, 0.05) is 10.6 Å². The molecule has 0 amide bonds. The Morgan fingerprint density at radius 1 is 1.50 bits per heavy atom. The summed E-state index contributed by atoms with van der Waals surface area (Å²) in [6, 6.07) is 0. The molecule has 0 aliphatic heterocycles. The molecule has 0 aliphatic rings. The highest BCUT2D eigenvalue weighted by Crippen LogP contribution is 2.11. The molecule has 0 rings (SSSR count). The van der Waals surface area contributed by atoms with Gasteiger partial charge in [0.15, 0.2) is 0 Å². The summed E-state index contributed by atoms with van der Waals surface area (Å²) in [4.78, 5) is 1.13. The van der Waals surface area contributed by atoms with Gasteiger partial charge in [0.2, 0.25) is 0 Å². The zero-order valence-corrected chi connectivity index (χ0v) is 7.24. The summed E-state index contributed by atoms with van der Waals surface area (Å²) >= 11 is 1.65. The van der Waals surface area contributed by atoms with E-state index >= 15 is 0 Å². The van der Waals surface area contributed by atoms with Gasteiger partial charge in [-0.1, -0.05) is 12.7 Å². The lowest BCUT2D eigenvalue weighted by atomic mass is 10.4. The Morgan fingerprint density at radius 2 is 2.10 bits per heavy atom. The molecular weight excluding hydrogens is 142 g/mol. The van der Waals surface area contributed by atoms with Crippen LogP contribution in [-0.4, -0.2) is 6.26 Å². The Balaban J connectivity index is 4.12. The highest BCUT2D eigenvalue weighted by Gasteiger charge is 1.82. The van der Waals surface area contributed by atoms with Crippen molar-refractivity contribution < 1.29 is 0 Å². The topological polar surface area (TPSA) is 26.0 Å². The molecule has 2 heteroatoms. The monoisotopic (exact) mass is 155 g/mol. The summed E-state index contributed by atoms with van der Waals surface area (Å²) in [5.74, 6) is 0. The molecule has 0 aliphatic carbocycles. The molecule has 10 heavy (non-hydrogen) atoms. The van der Waals surface area contributed by atoms with Gasteiger partial charge in [-0.3, -0.25) is 0 Å². The van der Waals surface area contributed by atoms with Crippen molar-refractivity contribution in [3.63, 3.8) is 0 Å². The predicted octanol–water partition coefficient (Wildman–Crippen LogP) is 2.28. The zero-order valence-electron chi connectivity index (χ0n) is 6.42. The van der Waals surface area contributed by atoms with Gasteiger partial charge in [-0.05, 0) is 25.3 Å². The fraction of sp³-hybridized carbons (Fsp3) is 0.250. The Bertz CT molecular complexity index is 164. The first-order chi connectivity index (χ1) is 4.70. The minimum absolute atomic E-state index is 0.813. The molecule has 0 aromatic carbocycles. The summed E-state index contributed by atoms with van der Waals surface area (Å²) in [5.41, 5.74) is 6.24. The quantitative estimate of drug-likeness (QED) is 0.633. The Labute approximate surface area is 66.7 Å². The molecule has 0 fully saturated rings. The largest absolute Gasteiger partial charge is 0.402 e. The van der Waals surface area contributed by atoms with Crippen molar-refractivity contribution in [2.24, 2.45) is 5.73 Å². The molecular formula is C8H13NS. The maximum Gasteiger partial charge on any atom is 0.00638 e. The molecule has 0 saturated carbocycles. The summed E-state index contributed by atoms with van der Waals surface area (Å²) in [7, 11) is 0. The van der Waals surface area contributed by atoms with Crippen LogP contribution in [0.1, 0.15) is 6.92 Å². The number of hydrogen-bond acceptors (Lipinski definition) is 2. The van der Waals surface area contributed by atoms with Crippen LogP contribution in [0.25, 0.3) is 0 Å². The van der Waals surface area contributed by atoms with Gasteiger partial charge >= 0.3 is 0 Å². The van der Waals surface area contributed by atoms with Gasteiger partial charge in [-0.25, -0.2) is 0 Å². The minimum atomic E-state index is 0.813. The summed E-state index contributed by atoms with van der Waals surface area (Å²) in [6.45, 7) is 5.51. The summed E-state index contributed by atoms with van der Waals surface area (Å²) < 4.78 is 0. The highest BCUT2D eigenvalue weighted by atomic mass is 32.2. The lowest BCUT2D eigenvalue weighted by molar-refractivity contribution is 1.32. The lowest BCUT2D eigenvalue weighted by Gasteiger charge is -1.91. The van der Waals surface area contributed by atoms with Crippen molar-refractivity contribution in [3.8, 4) is 0 Å². The van der Waals surface area contributed by atoms with Crippen LogP contribution in [0.5, 0.6) is 0 Å². The molecule has 0 saturated heterocycles. The summed E-state index contributed by atoms with van der Waals surface area (Å²) in [5, 5.41) is 0. The Morgan fingerprint density at radius 3 is 2.40 bits per heavy atom. The van der Waals surface area contributed by atoms with E-state index in [1.54, 1.807) is 11.8 Å². The van der Waals surface area contributed by atoms with Gasteiger partial charge in [0.1, 0.15) is 0 Å². The van der Waals surface area contributed by atoms with Crippen molar-refractivity contribution >= 4 is 11.8 Å². The molecule has 0 bridgehead atoms. The van der Waals surface area contributed by atoms with Gasteiger partial charge in [-0.2, -0.15) is 0 Å². The van der Waals surface area contributed by atoms with Crippen LogP contribution in [0.15, 0.2) is 35.4 Å². The molecule has 0 aromatic rings. The molecule has 0 atom stereocenters. The molecule has 2 N–H and O–H groups in total. The molecule has 0 aromatic heterocycles. The third-order valence-corrected chi connectivity index (χ3v) is 1.72. The van der Waals surface area contributed by atoms with Crippen molar-refractivity contribution in [1.82, 2.24) is 0 Å². The standard InChI is InChI=1S/C8H13NS/c1-4-8(10-3)6-5-7(2)9/h4-6H,1,9H2,2-3H3/b7-5+,8-6+. The second-order valence-electron chi connectivity index (χ2n) is 1.89. The van der Waals surface area contributed by atoms with Crippen molar-refractivity contribution in [2.45, 2.75) is 6.92 Å². The Hall–Kier alpha value is -0.630. The average molecular weight is 155 g/mol. The van der Waals surface area contributed by atoms with E-state index in [4.69, 9.17) is 5.73 Å². The predicted molar refractivity (Wildman–Crippen MR) is 49.7 cm³/mol. The number of hydrogen-bond donors (Lipinski definition) is 1. The fourth-order valence-corrected chi connectivity index (χ4v) is 0.804. The third kappa shape index (κ3) is 4.27. The normalized spacial score (nSPS) is 13.4. The van der Waals surface area contributed by atoms with Crippen LogP contribution in [0, 0.1) is 0 Å². The first-order valence-corrected chi connectivity index (χ1v) is 4.23. The van der Waals surface area contributed by atoms with Crippen molar-refractivity contribution in [1.29, 1.82) is 0 Å². The molecule has 0 unspecified atom stereocenters. The number of rotatable bonds is 3. The maximum atomic E-state index is 5.42. The molecule has 0 spiro atoms. The summed E-state index contributed by atoms with van der Waals surface area (Å²) in [6.07, 6.45) is 7.64. The van der Waals surface area contributed by atoms with E-state index < -0.39 is 0 Å². The number of nitrogens with two attached hydrogens (primary N) is 1. The van der Waals surface area contributed by atoms with Crippen LogP contribution < -0.4 is 5.73 Å². The lowest BCUT2D eigenvalue weighted by Crippen LogP contribution is -1.87. The van der Waals surface area contributed by atoms with Crippen molar-refractivity contribution in [3.05, 3.63) is 35.4 Å². The van der Waals surface area contributed by atoms with E-state index in [1.807, 2.05) is 31.4 Å². The minimum Gasteiger partial charge on any atom is -0.402 e. The Kier molecular flexibility index (Phi) is 4.85. The van der Waals surface area contributed by atoms with Gasteiger partial charge in [0.05, 0.1) is 0 Å². The first kappa shape index (κ1) is 9.37. The van der Waals surface area contributed by atoms with E-state index in [0.717, 1.165) is 10.6 Å². The van der Waals surface area contributed by atoms with Crippen LogP contribution >= 0.6 is 11.8 Å². The molecule has 0 radical (unpaired) electrons. The van der Waals surface area contributed by atoms with E-state index in [-0.39, 0.29) is 0 Å². The van der Waals surface area contributed by atoms with E-state index in [1.165, 1.54) is 0 Å². The molecule has 1 nitrogen and oxygen atoms in total. The molecule has 56 valence electrons. The second-order valence-corrected chi connectivity index (χ2v) is 2.77. The van der Waals surface area contributed by atoms with Crippen LogP contribution in [0.3, 0.4) is 0 Å². The first-order valence-electron chi connectivity index (χ1n) is 3.01. The second kappa shape index (κ2) is 5.18. The average Bonchev–Trinajstić information content (AvgIpc) is 1.90. The van der Waals surface area contributed by atoms with Crippen LogP contribution in [0.4, 0.5) is 0 Å². The third-order valence-electron chi connectivity index (χ3n) is 0.947. The van der Waals surface area contributed by atoms with Gasteiger partial charge in [0.25, 0.3) is 0 Å². The smallest absolute Gasteiger partial charge is 0.00638 e. The van der Waals surface area contributed by atoms with E-state index in [9.17, 15) is 0 Å². The fourth-order valence-electron chi connectivity index (χ4n) is 0.433. The SMILES string of the molecule is C=C/C(=C\C=C(/C)N)SC. The van der Waals surface area contributed by atoms with Crippen molar-refractivity contribution in [2.75, 3.05) is 6.26 Å². The highest BCUT2D eigenvalue weighted by molar-refractivity contribution is 8.02. The van der Waals surface area contributed by atoms with Crippen LogP contribution in [-0.2, 0) is 0 Å². The number of allylic oxidation sites excluding steroid dienone is 4. The van der Waals surface area contributed by atoms with Gasteiger partial charge < -0.3 is 5.73 Å². The zero-order chi connectivity index (χ0) is 7.98.